The molecule has 1 amide bonds. The molecule has 0 spiro atoms. The molecule has 1 aromatic carbocycles. The topological polar surface area (TPSA) is 95.0 Å². The van der Waals surface area contributed by atoms with Crippen LogP contribution in [0.15, 0.2) is 29.2 Å². The molecular weight excluding hydrogens is 332 g/mol. The number of nitrogens with zero attached hydrogens (tertiary/aromatic N) is 2. The van der Waals surface area contributed by atoms with E-state index in [9.17, 15) is 18.0 Å². The molecular formula is C16H24N2O5S. The summed E-state index contributed by atoms with van der Waals surface area (Å²) >= 11 is 0. The van der Waals surface area contributed by atoms with Crippen molar-refractivity contribution >= 4 is 21.9 Å². The van der Waals surface area contributed by atoms with Gasteiger partial charge in [0.15, 0.2) is 0 Å². The Morgan fingerprint density at radius 2 is 1.79 bits per heavy atom. The molecule has 0 fully saturated rings. The highest BCUT2D eigenvalue weighted by molar-refractivity contribution is 7.89. The molecule has 0 saturated carbocycles. The zero-order chi connectivity index (χ0) is 18.5. The molecule has 1 rings (SSSR count). The number of carboxylic acid groups (broad SMARTS) is 1. The average molecular weight is 356 g/mol. The standard InChI is InChI=1S/C16H24N2O5S/c1-5-18(6-2)24(22,23)14-9-7-8-13(10-14)15(19)17(4)11-12(3)16(20)21/h7-10,12H,5-6,11H2,1-4H3,(H,20,21). The number of benzene rings is 1. The third-order valence-electron chi connectivity index (χ3n) is 3.74. The molecule has 1 unspecified atom stereocenters. The molecule has 0 aliphatic carbocycles. The van der Waals surface area contributed by atoms with Gasteiger partial charge in [0, 0.05) is 32.2 Å². The highest BCUT2D eigenvalue weighted by Crippen LogP contribution is 2.18. The molecule has 24 heavy (non-hydrogen) atoms. The molecule has 0 aromatic heterocycles. The number of amides is 1. The van der Waals surface area contributed by atoms with Crippen molar-refractivity contribution in [2.75, 3.05) is 26.7 Å². The van der Waals surface area contributed by atoms with Crippen LogP contribution >= 0.6 is 0 Å². The van der Waals surface area contributed by atoms with Crippen LogP contribution in [0.25, 0.3) is 0 Å². The number of carbonyl (C=O) groups is 2. The Labute approximate surface area is 142 Å². The summed E-state index contributed by atoms with van der Waals surface area (Å²) in [5.74, 6) is -2.12. The zero-order valence-corrected chi connectivity index (χ0v) is 15.2. The Hall–Kier alpha value is -1.93. The maximum atomic E-state index is 12.5. The Bertz CT molecular complexity index is 698. The predicted octanol–water partition coefficient (Wildman–Crippen LogP) is 1.51. The normalized spacial score (nSPS) is 12.9. The van der Waals surface area contributed by atoms with Gasteiger partial charge >= 0.3 is 5.97 Å². The van der Waals surface area contributed by atoms with Crippen molar-refractivity contribution in [2.24, 2.45) is 5.92 Å². The number of hydrogen-bond donors (Lipinski definition) is 1. The first kappa shape index (κ1) is 20.1. The van der Waals surface area contributed by atoms with Crippen molar-refractivity contribution in [1.82, 2.24) is 9.21 Å². The van der Waals surface area contributed by atoms with Crippen LogP contribution in [-0.2, 0) is 14.8 Å². The summed E-state index contributed by atoms with van der Waals surface area (Å²) in [5, 5.41) is 8.93. The molecule has 0 aliphatic rings. The largest absolute Gasteiger partial charge is 0.481 e. The quantitative estimate of drug-likeness (QED) is 0.762. The van der Waals surface area contributed by atoms with Gasteiger partial charge in [-0.25, -0.2) is 8.42 Å². The Morgan fingerprint density at radius 1 is 1.21 bits per heavy atom. The lowest BCUT2D eigenvalue weighted by Gasteiger charge is -2.21. The molecule has 1 atom stereocenters. The maximum Gasteiger partial charge on any atom is 0.308 e. The number of rotatable bonds is 8. The Morgan fingerprint density at radius 3 is 2.29 bits per heavy atom. The molecule has 0 radical (unpaired) electrons. The second kappa shape index (κ2) is 8.25. The summed E-state index contributed by atoms with van der Waals surface area (Å²) in [6.45, 7) is 5.73. The van der Waals surface area contributed by atoms with Crippen molar-refractivity contribution in [2.45, 2.75) is 25.7 Å². The van der Waals surface area contributed by atoms with Crippen LogP contribution in [0.4, 0.5) is 0 Å². The van der Waals surface area contributed by atoms with Gasteiger partial charge in [0.1, 0.15) is 0 Å². The van der Waals surface area contributed by atoms with Crippen molar-refractivity contribution < 1.29 is 23.1 Å². The number of carboxylic acids is 1. The minimum Gasteiger partial charge on any atom is -0.481 e. The summed E-state index contributed by atoms with van der Waals surface area (Å²) in [6.07, 6.45) is 0. The number of aliphatic carboxylic acids is 1. The van der Waals surface area contributed by atoms with Crippen LogP contribution in [0.3, 0.4) is 0 Å². The van der Waals surface area contributed by atoms with Crippen LogP contribution in [0, 0.1) is 5.92 Å². The van der Waals surface area contributed by atoms with Crippen LogP contribution in [-0.4, -0.2) is 61.3 Å². The molecule has 0 heterocycles. The number of sulfonamides is 1. The summed E-state index contributed by atoms with van der Waals surface area (Å²) in [4.78, 5) is 24.6. The van der Waals surface area contributed by atoms with E-state index in [-0.39, 0.29) is 17.0 Å². The molecule has 1 N–H and O–H groups in total. The second-order valence-electron chi connectivity index (χ2n) is 5.54. The number of carbonyl (C=O) groups excluding carboxylic acids is 1. The first-order valence-corrected chi connectivity index (χ1v) is 9.17. The van der Waals surface area contributed by atoms with Gasteiger partial charge in [0.2, 0.25) is 10.0 Å². The minimum atomic E-state index is -3.65. The monoisotopic (exact) mass is 356 g/mol. The summed E-state index contributed by atoms with van der Waals surface area (Å²) in [6, 6.07) is 5.81. The second-order valence-corrected chi connectivity index (χ2v) is 7.48. The van der Waals surface area contributed by atoms with E-state index in [1.807, 2.05) is 0 Å². The fourth-order valence-electron chi connectivity index (χ4n) is 2.29. The smallest absolute Gasteiger partial charge is 0.308 e. The molecule has 134 valence electrons. The highest BCUT2D eigenvalue weighted by Gasteiger charge is 2.24. The van der Waals surface area contributed by atoms with E-state index in [0.717, 1.165) is 0 Å². The van der Waals surface area contributed by atoms with Crippen LogP contribution in [0.2, 0.25) is 0 Å². The van der Waals surface area contributed by atoms with Gasteiger partial charge in [-0.05, 0) is 18.2 Å². The van der Waals surface area contributed by atoms with Crippen LogP contribution in [0.5, 0.6) is 0 Å². The fraction of sp³-hybridized carbons (Fsp3) is 0.500. The third-order valence-corrected chi connectivity index (χ3v) is 5.79. The molecule has 1 aromatic rings. The van der Waals surface area contributed by atoms with E-state index in [2.05, 4.69) is 0 Å². The zero-order valence-electron chi connectivity index (χ0n) is 14.4. The third kappa shape index (κ3) is 4.55. The van der Waals surface area contributed by atoms with E-state index in [4.69, 9.17) is 5.11 Å². The van der Waals surface area contributed by atoms with Crippen LogP contribution in [0.1, 0.15) is 31.1 Å². The van der Waals surface area contributed by atoms with Gasteiger partial charge in [0.05, 0.1) is 10.8 Å². The van der Waals surface area contributed by atoms with Crippen molar-refractivity contribution in [3.05, 3.63) is 29.8 Å². The molecule has 8 heteroatoms. The molecule has 0 aliphatic heterocycles. The lowest BCUT2D eigenvalue weighted by molar-refractivity contribution is -0.141. The molecule has 0 bridgehead atoms. The van der Waals surface area contributed by atoms with E-state index in [1.54, 1.807) is 13.8 Å². The van der Waals surface area contributed by atoms with Crippen molar-refractivity contribution in [1.29, 1.82) is 0 Å². The average Bonchev–Trinajstić information content (AvgIpc) is 2.54. The van der Waals surface area contributed by atoms with Crippen molar-refractivity contribution in [3.8, 4) is 0 Å². The Kier molecular flexibility index (Phi) is 6.92. The lowest BCUT2D eigenvalue weighted by atomic mass is 10.1. The van der Waals surface area contributed by atoms with Crippen LogP contribution < -0.4 is 0 Å². The van der Waals surface area contributed by atoms with E-state index in [1.165, 1.54) is 47.4 Å². The maximum absolute atomic E-state index is 12.5. The van der Waals surface area contributed by atoms with Gasteiger partial charge in [0.25, 0.3) is 5.91 Å². The molecule has 7 nitrogen and oxygen atoms in total. The molecule has 0 saturated heterocycles. The SMILES string of the molecule is CCN(CC)S(=O)(=O)c1cccc(C(=O)N(C)CC(C)C(=O)O)c1. The van der Waals surface area contributed by atoms with Gasteiger partial charge in [-0.15, -0.1) is 0 Å². The lowest BCUT2D eigenvalue weighted by Crippen LogP contribution is -2.34. The Balaban J connectivity index is 3.08. The summed E-state index contributed by atoms with van der Waals surface area (Å²) < 4.78 is 26.4. The fourth-order valence-corrected chi connectivity index (χ4v) is 3.80. The van der Waals surface area contributed by atoms with E-state index >= 15 is 0 Å². The summed E-state index contributed by atoms with van der Waals surface area (Å²) in [5.41, 5.74) is 0.211. The van der Waals surface area contributed by atoms with E-state index in [0.29, 0.717) is 13.1 Å². The van der Waals surface area contributed by atoms with E-state index < -0.39 is 27.8 Å². The highest BCUT2D eigenvalue weighted by atomic mass is 32.2. The predicted molar refractivity (Wildman–Crippen MR) is 90.3 cm³/mol. The van der Waals surface area contributed by atoms with Gasteiger partial charge in [-0.2, -0.15) is 4.31 Å². The summed E-state index contributed by atoms with van der Waals surface area (Å²) in [7, 11) is -2.16. The van der Waals surface area contributed by atoms with Gasteiger partial charge in [-0.1, -0.05) is 26.8 Å². The minimum absolute atomic E-state index is 0.0428. The first-order valence-electron chi connectivity index (χ1n) is 7.73. The van der Waals surface area contributed by atoms with Crippen molar-refractivity contribution in [3.63, 3.8) is 0 Å². The van der Waals surface area contributed by atoms with Gasteiger partial charge in [-0.3, -0.25) is 9.59 Å². The first-order chi connectivity index (χ1) is 11.1. The number of hydrogen-bond acceptors (Lipinski definition) is 4. The van der Waals surface area contributed by atoms with Gasteiger partial charge < -0.3 is 10.0 Å².